The van der Waals surface area contributed by atoms with Gasteiger partial charge in [0.25, 0.3) is 0 Å². The second kappa shape index (κ2) is 10.3. The van der Waals surface area contributed by atoms with Gasteiger partial charge in [0, 0.05) is 42.0 Å². The number of nitrogens with zero attached hydrogens (tertiary/aromatic N) is 1. The lowest BCUT2D eigenvalue weighted by Crippen LogP contribution is -2.11. The van der Waals surface area contributed by atoms with Crippen LogP contribution in [0.15, 0.2) is 168 Å². The average molecular weight is 618 g/mol. The lowest BCUT2D eigenvalue weighted by Gasteiger charge is -2.28. The van der Waals surface area contributed by atoms with E-state index in [1.54, 1.807) is 0 Å². The second-order valence-electron chi connectivity index (χ2n) is 12.1. The summed E-state index contributed by atoms with van der Waals surface area (Å²) >= 11 is 1.86. The van der Waals surface area contributed by atoms with E-state index in [0.717, 1.165) is 44.4 Å². The van der Waals surface area contributed by atoms with Crippen LogP contribution < -0.4 is 4.90 Å². The molecule has 2 nitrogen and oxygen atoms in total. The third kappa shape index (κ3) is 4.10. The summed E-state index contributed by atoms with van der Waals surface area (Å²) in [6.07, 6.45) is 0. The highest BCUT2D eigenvalue weighted by molar-refractivity contribution is 7.25. The lowest BCUT2D eigenvalue weighted by atomic mass is 10.00. The number of benzene rings is 8. The fourth-order valence-corrected chi connectivity index (χ4v) is 8.35. The number of rotatable bonds is 4. The largest absolute Gasteiger partial charge is 0.455 e. The van der Waals surface area contributed by atoms with Gasteiger partial charge < -0.3 is 9.32 Å². The lowest BCUT2D eigenvalue weighted by molar-refractivity contribution is 0.672. The van der Waals surface area contributed by atoms with Crippen LogP contribution in [0, 0.1) is 0 Å². The molecule has 0 aliphatic rings. The minimum absolute atomic E-state index is 0.880. The van der Waals surface area contributed by atoms with Gasteiger partial charge in [0.15, 0.2) is 0 Å². The fraction of sp³-hybridized carbons (Fsp3) is 0. The van der Waals surface area contributed by atoms with E-state index in [1.165, 1.54) is 47.5 Å². The summed E-state index contributed by atoms with van der Waals surface area (Å²) in [5.41, 5.74) is 7.50. The zero-order valence-electron chi connectivity index (χ0n) is 25.4. The molecular formula is C44H27NOS. The van der Waals surface area contributed by atoms with Gasteiger partial charge in [-0.3, -0.25) is 0 Å². The molecule has 0 N–H and O–H groups in total. The summed E-state index contributed by atoms with van der Waals surface area (Å²) in [7, 11) is 0. The third-order valence-electron chi connectivity index (χ3n) is 9.43. The van der Waals surface area contributed by atoms with Crippen LogP contribution in [-0.4, -0.2) is 0 Å². The molecule has 0 saturated heterocycles. The fourth-order valence-electron chi connectivity index (χ4n) is 7.26. The molecule has 0 aliphatic heterocycles. The van der Waals surface area contributed by atoms with Gasteiger partial charge in [-0.25, -0.2) is 0 Å². The van der Waals surface area contributed by atoms with Crippen molar-refractivity contribution in [2.24, 2.45) is 0 Å². The van der Waals surface area contributed by atoms with Crippen molar-refractivity contribution < 1.29 is 4.42 Å². The van der Waals surface area contributed by atoms with E-state index in [1.807, 2.05) is 11.3 Å². The van der Waals surface area contributed by atoms with Gasteiger partial charge in [0.05, 0.1) is 16.8 Å². The summed E-state index contributed by atoms with van der Waals surface area (Å²) in [4.78, 5) is 2.41. The average Bonchev–Trinajstić information content (AvgIpc) is 3.71. The molecule has 0 spiro atoms. The molecule has 0 amide bonds. The molecule has 0 fully saturated rings. The van der Waals surface area contributed by atoms with Gasteiger partial charge >= 0.3 is 0 Å². The Morgan fingerprint density at radius 2 is 1.11 bits per heavy atom. The van der Waals surface area contributed by atoms with Gasteiger partial charge in [0.2, 0.25) is 0 Å². The zero-order chi connectivity index (χ0) is 30.9. The molecule has 8 aromatic carbocycles. The van der Waals surface area contributed by atoms with Crippen molar-refractivity contribution in [3.63, 3.8) is 0 Å². The van der Waals surface area contributed by atoms with Gasteiger partial charge in [-0.15, -0.1) is 11.3 Å². The number of thiophene rings is 1. The summed E-state index contributed by atoms with van der Waals surface area (Å²) < 4.78 is 9.29. The Morgan fingerprint density at radius 3 is 2.02 bits per heavy atom. The van der Waals surface area contributed by atoms with E-state index in [2.05, 4.69) is 169 Å². The van der Waals surface area contributed by atoms with E-state index in [4.69, 9.17) is 4.42 Å². The van der Waals surface area contributed by atoms with Crippen LogP contribution in [-0.2, 0) is 0 Å². The molecule has 0 bridgehead atoms. The molecule has 0 radical (unpaired) electrons. The maximum atomic E-state index is 6.65. The van der Waals surface area contributed by atoms with Gasteiger partial charge in [0.1, 0.15) is 11.2 Å². The number of hydrogen-bond donors (Lipinski definition) is 0. The highest BCUT2D eigenvalue weighted by Gasteiger charge is 2.22. The topological polar surface area (TPSA) is 16.4 Å². The number of anilines is 3. The Bertz CT molecular complexity index is 2820. The highest BCUT2D eigenvalue weighted by Crippen LogP contribution is 2.46. The molecule has 3 heteroatoms. The Kier molecular flexibility index (Phi) is 5.78. The van der Waals surface area contributed by atoms with Crippen molar-refractivity contribution >= 4 is 92.1 Å². The summed E-state index contributed by atoms with van der Waals surface area (Å²) in [6.45, 7) is 0. The van der Waals surface area contributed by atoms with Crippen molar-refractivity contribution in [2.75, 3.05) is 4.90 Å². The van der Waals surface area contributed by atoms with Crippen molar-refractivity contribution in [1.82, 2.24) is 0 Å². The van der Waals surface area contributed by atoms with E-state index < -0.39 is 0 Å². The Labute approximate surface area is 275 Å². The van der Waals surface area contributed by atoms with Gasteiger partial charge in [-0.05, 0) is 76.5 Å². The zero-order valence-corrected chi connectivity index (χ0v) is 26.2. The number of furan rings is 1. The highest BCUT2D eigenvalue weighted by atomic mass is 32.1. The molecule has 0 aliphatic carbocycles. The molecule has 47 heavy (non-hydrogen) atoms. The molecule has 2 aromatic heterocycles. The summed E-state index contributed by atoms with van der Waals surface area (Å²) in [6, 6.07) is 59.1. The maximum absolute atomic E-state index is 6.65. The van der Waals surface area contributed by atoms with Crippen LogP contribution >= 0.6 is 11.3 Å². The molecule has 10 rings (SSSR count). The quantitative estimate of drug-likeness (QED) is 0.195. The van der Waals surface area contributed by atoms with Crippen molar-refractivity contribution in [3.8, 4) is 11.1 Å². The monoisotopic (exact) mass is 617 g/mol. The van der Waals surface area contributed by atoms with E-state index in [-0.39, 0.29) is 0 Å². The summed E-state index contributed by atoms with van der Waals surface area (Å²) in [5.74, 6) is 0. The van der Waals surface area contributed by atoms with Crippen molar-refractivity contribution in [1.29, 1.82) is 0 Å². The Balaban J connectivity index is 1.24. The van der Waals surface area contributed by atoms with Crippen molar-refractivity contribution in [3.05, 3.63) is 164 Å². The van der Waals surface area contributed by atoms with Crippen molar-refractivity contribution in [2.45, 2.75) is 0 Å². The van der Waals surface area contributed by atoms with Crippen LogP contribution in [0.3, 0.4) is 0 Å². The molecule has 220 valence electrons. The SMILES string of the molecule is c1cc(-c2ccc3sc4ccccc4c3c2)cc(N(c2cccc3ccccc23)c2cccc3oc4c5ccccc5ccc4c23)c1. The molecular weight excluding hydrogens is 591 g/mol. The number of hydrogen-bond acceptors (Lipinski definition) is 3. The first-order chi connectivity index (χ1) is 23.3. The smallest absolute Gasteiger partial charge is 0.143 e. The van der Waals surface area contributed by atoms with Crippen LogP contribution in [0.2, 0.25) is 0 Å². The first kappa shape index (κ1) is 26.3. The van der Waals surface area contributed by atoms with Crippen LogP contribution in [0.4, 0.5) is 17.1 Å². The normalized spacial score (nSPS) is 11.8. The summed E-state index contributed by atoms with van der Waals surface area (Å²) in [5, 5.41) is 9.55. The predicted molar refractivity (Wildman–Crippen MR) is 202 cm³/mol. The van der Waals surface area contributed by atoms with Gasteiger partial charge in [-0.2, -0.15) is 0 Å². The first-order valence-electron chi connectivity index (χ1n) is 15.9. The third-order valence-corrected chi connectivity index (χ3v) is 10.6. The number of fused-ring (bicyclic) bond motifs is 9. The first-order valence-corrected chi connectivity index (χ1v) is 16.7. The van der Waals surface area contributed by atoms with Crippen LogP contribution in [0.5, 0.6) is 0 Å². The maximum Gasteiger partial charge on any atom is 0.143 e. The van der Waals surface area contributed by atoms with Crippen LogP contribution in [0.1, 0.15) is 0 Å². The Hall–Kier alpha value is -5.90. The van der Waals surface area contributed by atoms with Gasteiger partial charge in [-0.1, -0.05) is 109 Å². The molecule has 10 aromatic rings. The second-order valence-corrected chi connectivity index (χ2v) is 13.2. The minimum atomic E-state index is 0.880. The Morgan fingerprint density at radius 1 is 0.426 bits per heavy atom. The molecule has 0 unspecified atom stereocenters. The van der Waals surface area contributed by atoms with E-state index >= 15 is 0 Å². The molecule has 2 heterocycles. The minimum Gasteiger partial charge on any atom is -0.455 e. The molecule has 0 saturated carbocycles. The van der Waals surface area contributed by atoms with Crippen LogP contribution in [0.25, 0.3) is 74.8 Å². The standard InChI is InChI=1S/C44H27NOS/c1-3-15-33-28(10-1)12-8-18-38(33)45(39-19-9-20-40-43(39)36-24-22-29-11-2-4-16-34(29)44(36)46-40)32-14-7-13-30(26-32)31-23-25-42-37(27-31)35-17-5-6-21-41(35)47-42/h1-27H. The van der Waals surface area contributed by atoms with E-state index in [0.29, 0.717) is 0 Å². The molecule has 0 atom stereocenters. The van der Waals surface area contributed by atoms with E-state index in [9.17, 15) is 0 Å². The predicted octanol–water partition coefficient (Wildman–Crippen LogP) is 13.4.